The van der Waals surface area contributed by atoms with Crippen LogP contribution < -0.4 is 15.4 Å². The van der Waals surface area contributed by atoms with Gasteiger partial charge in [0.1, 0.15) is 5.75 Å². The molecule has 0 saturated heterocycles. The van der Waals surface area contributed by atoms with Gasteiger partial charge in [0, 0.05) is 17.4 Å². The van der Waals surface area contributed by atoms with Gasteiger partial charge < -0.3 is 9.47 Å². The molecule has 2 amide bonds. The summed E-state index contributed by atoms with van der Waals surface area (Å²) in [6.45, 7) is 1.85. The maximum Gasteiger partial charge on any atom is 0.417 e. The van der Waals surface area contributed by atoms with Crippen molar-refractivity contribution in [2.24, 2.45) is 0 Å². The van der Waals surface area contributed by atoms with E-state index in [2.05, 4.69) is 10.6 Å². The third-order valence-corrected chi connectivity index (χ3v) is 3.00. The normalized spacial score (nSPS) is 10.8. The lowest BCUT2D eigenvalue weighted by Gasteiger charge is -2.11. The van der Waals surface area contributed by atoms with Crippen LogP contribution in [0, 0.1) is 0 Å². The summed E-state index contributed by atoms with van der Waals surface area (Å²) in [6.07, 6.45) is -6.16. The van der Waals surface area contributed by atoms with Crippen LogP contribution in [0.3, 0.4) is 0 Å². The first-order valence-electron chi connectivity index (χ1n) is 7.48. The molecule has 0 bridgehead atoms. The van der Waals surface area contributed by atoms with Crippen molar-refractivity contribution in [3.8, 4) is 5.75 Å². The van der Waals surface area contributed by atoms with Gasteiger partial charge in [-0.15, -0.1) is 0 Å². The molecule has 6 nitrogen and oxygen atoms in total. The van der Waals surface area contributed by atoms with Crippen molar-refractivity contribution in [3.63, 3.8) is 0 Å². The minimum atomic E-state index is -4.52. The van der Waals surface area contributed by atoms with E-state index in [1.54, 1.807) is 13.0 Å². The fraction of sp³-hybridized carbons (Fsp3) is 0.176. The predicted octanol–water partition coefficient (Wildman–Crippen LogP) is 4.88. The first-order chi connectivity index (χ1) is 12.3. The van der Waals surface area contributed by atoms with Crippen molar-refractivity contribution in [2.45, 2.75) is 13.1 Å². The van der Waals surface area contributed by atoms with Crippen LogP contribution in [0.15, 0.2) is 48.5 Å². The largest absolute Gasteiger partial charge is 0.450 e. The quantitative estimate of drug-likeness (QED) is 0.806. The number of amides is 2. The Morgan fingerprint density at radius 3 is 2.23 bits per heavy atom. The average molecular weight is 368 g/mol. The highest BCUT2D eigenvalue weighted by Gasteiger charge is 2.30. The van der Waals surface area contributed by atoms with E-state index in [-0.39, 0.29) is 18.0 Å². The van der Waals surface area contributed by atoms with Crippen molar-refractivity contribution < 1.29 is 32.2 Å². The topological polar surface area (TPSA) is 76.7 Å². The van der Waals surface area contributed by atoms with Gasteiger partial charge in [-0.3, -0.25) is 10.6 Å². The summed E-state index contributed by atoms with van der Waals surface area (Å²) in [5.74, 6) is 0.0868. The number of carbonyl (C=O) groups is 2. The molecule has 0 aromatic heterocycles. The van der Waals surface area contributed by atoms with Crippen molar-refractivity contribution in [3.05, 3.63) is 54.1 Å². The Labute approximate surface area is 146 Å². The summed E-state index contributed by atoms with van der Waals surface area (Å²) < 4.78 is 47.7. The molecule has 2 rings (SSSR count). The first-order valence-corrected chi connectivity index (χ1v) is 7.48. The van der Waals surface area contributed by atoms with Gasteiger partial charge in [-0.2, -0.15) is 13.2 Å². The monoisotopic (exact) mass is 368 g/mol. The Hall–Kier alpha value is -3.23. The summed E-state index contributed by atoms with van der Waals surface area (Å²) in [5.41, 5.74) is -0.630. The number of anilines is 2. The second kappa shape index (κ2) is 8.24. The Balaban J connectivity index is 2.01. The molecule has 0 atom stereocenters. The molecule has 0 aliphatic rings. The average Bonchev–Trinajstić information content (AvgIpc) is 2.54. The van der Waals surface area contributed by atoms with Crippen LogP contribution in [0.1, 0.15) is 12.5 Å². The van der Waals surface area contributed by atoms with Crippen LogP contribution in [-0.4, -0.2) is 18.8 Å². The molecular weight excluding hydrogens is 353 g/mol. The summed E-state index contributed by atoms with van der Waals surface area (Å²) in [4.78, 5) is 23.2. The van der Waals surface area contributed by atoms with Crippen molar-refractivity contribution in [1.82, 2.24) is 0 Å². The van der Waals surface area contributed by atoms with Crippen molar-refractivity contribution in [2.75, 3.05) is 17.2 Å². The minimum Gasteiger partial charge on any atom is -0.450 e. The van der Waals surface area contributed by atoms with Crippen molar-refractivity contribution in [1.29, 1.82) is 0 Å². The molecule has 0 aliphatic heterocycles. The van der Waals surface area contributed by atoms with Gasteiger partial charge in [0.25, 0.3) is 0 Å². The lowest BCUT2D eigenvalue weighted by atomic mass is 10.2. The molecule has 0 unspecified atom stereocenters. The number of carbonyl (C=O) groups excluding carboxylic acids is 2. The SMILES string of the molecule is CCOC(=O)Nc1cccc(OC(=O)Nc2cccc(C(F)(F)F)c2)c1. The number of hydrogen-bond donors (Lipinski definition) is 2. The van der Waals surface area contributed by atoms with Crippen LogP contribution in [0.2, 0.25) is 0 Å². The smallest absolute Gasteiger partial charge is 0.417 e. The van der Waals surface area contributed by atoms with Crippen molar-refractivity contribution >= 4 is 23.6 Å². The van der Waals surface area contributed by atoms with Crippen LogP contribution in [0.4, 0.5) is 34.1 Å². The Kier molecular flexibility index (Phi) is 6.05. The number of benzene rings is 2. The van der Waals surface area contributed by atoms with E-state index >= 15 is 0 Å². The van der Waals surface area contributed by atoms with Gasteiger partial charge in [-0.1, -0.05) is 12.1 Å². The molecule has 2 aromatic rings. The van der Waals surface area contributed by atoms with E-state index in [9.17, 15) is 22.8 Å². The number of halogens is 3. The van der Waals surface area contributed by atoms with Crippen LogP contribution >= 0.6 is 0 Å². The van der Waals surface area contributed by atoms with Gasteiger partial charge in [0.05, 0.1) is 12.2 Å². The minimum absolute atomic E-state index is 0.0642. The molecule has 0 radical (unpaired) electrons. The van der Waals surface area contributed by atoms with Crippen LogP contribution in [0.5, 0.6) is 5.75 Å². The number of ether oxygens (including phenoxy) is 2. The van der Waals surface area contributed by atoms with Gasteiger partial charge in [-0.25, -0.2) is 9.59 Å². The van der Waals surface area contributed by atoms with Gasteiger partial charge in [0.15, 0.2) is 0 Å². The summed E-state index contributed by atoms with van der Waals surface area (Å²) in [5, 5.41) is 4.64. The molecule has 0 spiro atoms. The lowest BCUT2D eigenvalue weighted by Crippen LogP contribution is -2.17. The first kappa shape index (κ1) is 19.1. The maximum atomic E-state index is 12.7. The highest BCUT2D eigenvalue weighted by molar-refractivity contribution is 5.87. The fourth-order valence-corrected chi connectivity index (χ4v) is 1.95. The highest BCUT2D eigenvalue weighted by Crippen LogP contribution is 2.30. The Bertz CT molecular complexity index is 794. The number of alkyl halides is 3. The van der Waals surface area contributed by atoms with Gasteiger partial charge in [0.2, 0.25) is 0 Å². The predicted molar refractivity (Wildman–Crippen MR) is 88.2 cm³/mol. The molecule has 0 fully saturated rings. The molecule has 9 heteroatoms. The summed E-state index contributed by atoms with van der Waals surface area (Å²) in [7, 11) is 0. The standard InChI is InChI=1S/C17H15F3N2O4/c1-2-25-15(23)21-13-7-4-8-14(10-13)26-16(24)22-12-6-3-5-11(9-12)17(18,19)20/h3-10H,2H2,1H3,(H,21,23)(H,22,24). The molecule has 0 aliphatic carbocycles. The number of hydrogen-bond acceptors (Lipinski definition) is 4. The lowest BCUT2D eigenvalue weighted by molar-refractivity contribution is -0.137. The zero-order chi connectivity index (χ0) is 19.2. The molecule has 2 aromatic carbocycles. The maximum absolute atomic E-state index is 12.7. The molecule has 0 heterocycles. The molecule has 138 valence electrons. The third kappa shape index (κ3) is 5.69. The Morgan fingerprint density at radius 1 is 0.962 bits per heavy atom. The number of nitrogens with one attached hydrogen (secondary N) is 2. The molecule has 2 N–H and O–H groups in total. The summed E-state index contributed by atoms with van der Waals surface area (Å²) >= 11 is 0. The van der Waals surface area contributed by atoms with E-state index in [0.29, 0.717) is 5.69 Å². The van der Waals surface area contributed by atoms with Gasteiger partial charge in [-0.05, 0) is 37.3 Å². The zero-order valence-electron chi connectivity index (χ0n) is 13.6. The molecule has 26 heavy (non-hydrogen) atoms. The molecular formula is C17H15F3N2O4. The van der Waals surface area contributed by atoms with E-state index in [1.807, 2.05) is 0 Å². The zero-order valence-corrected chi connectivity index (χ0v) is 13.6. The second-order valence-electron chi connectivity index (χ2n) is 4.97. The van der Waals surface area contributed by atoms with E-state index in [0.717, 1.165) is 12.1 Å². The fourth-order valence-electron chi connectivity index (χ4n) is 1.95. The second-order valence-corrected chi connectivity index (χ2v) is 4.97. The van der Waals surface area contributed by atoms with Gasteiger partial charge >= 0.3 is 18.4 Å². The highest BCUT2D eigenvalue weighted by atomic mass is 19.4. The third-order valence-electron chi connectivity index (χ3n) is 3.00. The Morgan fingerprint density at radius 2 is 1.58 bits per heavy atom. The van der Waals surface area contributed by atoms with E-state index in [4.69, 9.17) is 9.47 Å². The van der Waals surface area contributed by atoms with Crippen LogP contribution in [-0.2, 0) is 10.9 Å². The van der Waals surface area contributed by atoms with Crippen LogP contribution in [0.25, 0.3) is 0 Å². The molecule has 0 saturated carbocycles. The summed E-state index contributed by atoms with van der Waals surface area (Å²) in [6, 6.07) is 10.0. The van der Waals surface area contributed by atoms with E-state index in [1.165, 1.54) is 30.3 Å². The van der Waals surface area contributed by atoms with E-state index < -0.39 is 23.9 Å². The number of rotatable bonds is 4.